The highest BCUT2D eigenvalue weighted by molar-refractivity contribution is 9.10. The minimum absolute atomic E-state index is 0.117. The first-order chi connectivity index (χ1) is 9.08. The molecule has 4 nitrogen and oxygen atoms in total. The lowest BCUT2D eigenvalue weighted by atomic mass is 10.1. The van der Waals surface area contributed by atoms with E-state index >= 15 is 0 Å². The minimum Gasteiger partial charge on any atom is -0.345 e. The highest BCUT2D eigenvalue weighted by atomic mass is 79.9. The van der Waals surface area contributed by atoms with Crippen LogP contribution in [-0.4, -0.2) is 10.9 Å². The van der Waals surface area contributed by atoms with E-state index in [2.05, 4.69) is 26.2 Å². The van der Waals surface area contributed by atoms with Crippen LogP contribution in [0.3, 0.4) is 0 Å². The Morgan fingerprint density at radius 1 is 1.26 bits per heavy atom. The van der Waals surface area contributed by atoms with E-state index in [0.29, 0.717) is 0 Å². The Balaban J connectivity index is 2.13. The van der Waals surface area contributed by atoms with Crippen molar-refractivity contribution in [1.29, 1.82) is 0 Å². The van der Waals surface area contributed by atoms with E-state index in [9.17, 15) is 9.59 Å². The van der Waals surface area contributed by atoms with Gasteiger partial charge in [0.25, 0.3) is 11.5 Å². The van der Waals surface area contributed by atoms with Gasteiger partial charge in [-0.05, 0) is 36.8 Å². The average molecular weight is 321 g/mol. The molecule has 0 aliphatic rings. The average Bonchev–Trinajstić information content (AvgIpc) is 2.39. The van der Waals surface area contributed by atoms with Crippen LogP contribution in [0, 0.1) is 0 Å². The van der Waals surface area contributed by atoms with Crippen molar-refractivity contribution in [3.05, 3.63) is 68.5 Å². The van der Waals surface area contributed by atoms with Crippen LogP contribution in [0.1, 0.15) is 28.9 Å². The number of aromatic amines is 1. The molecule has 1 aromatic carbocycles. The van der Waals surface area contributed by atoms with Gasteiger partial charge in [0, 0.05) is 10.7 Å². The summed E-state index contributed by atoms with van der Waals surface area (Å²) in [5.74, 6) is -0.378. The van der Waals surface area contributed by atoms with Crippen LogP contribution < -0.4 is 10.9 Å². The molecule has 1 unspecified atom stereocenters. The van der Waals surface area contributed by atoms with Crippen LogP contribution >= 0.6 is 15.9 Å². The molecule has 0 spiro atoms. The second-order valence-corrected chi connectivity index (χ2v) is 5.08. The molecule has 0 saturated heterocycles. The summed E-state index contributed by atoms with van der Waals surface area (Å²) in [6.07, 6.45) is 1.50. The molecule has 0 saturated carbocycles. The third-order valence-corrected chi connectivity index (χ3v) is 3.31. The first-order valence-electron chi connectivity index (χ1n) is 5.82. The quantitative estimate of drug-likeness (QED) is 0.913. The van der Waals surface area contributed by atoms with E-state index in [1.54, 1.807) is 6.07 Å². The van der Waals surface area contributed by atoms with E-state index < -0.39 is 0 Å². The SMILES string of the molecule is CC(NC(=O)c1ccc[nH]c1=O)c1ccc(Br)cc1. The van der Waals surface area contributed by atoms with Gasteiger partial charge in [0.05, 0.1) is 6.04 Å². The maximum absolute atomic E-state index is 12.0. The molecular weight excluding hydrogens is 308 g/mol. The van der Waals surface area contributed by atoms with Gasteiger partial charge in [-0.3, -0.25) is 9.59 Å². The lowest BCUT2D eigenvalue weighted by molar-refractivity contribution is 0.0938. The normalized spacial score (nSPS) is 11.9. The Morgan fingerprint density at radius 3 is 2.58 bits per heavy atom. The van der Waals surface area contributed by atoms with Crippen LogP contribution in [0.5, 0.6) is 0 Å². The fourth-order valence-electron chi connectivity index (χ4n) is 1.71. The van der Waals surface area contributed by atoms with Crippen LogP contribution in [0.15, 0.2) is 51.9 Å². The minimum atomic E-state index is -0.386. The highest BCUT2D eigenvalue weighted by Crippen LogP contribution is 2.16. The zero-order chi connectivity index (χ0) is 13.8. The first-order valence-corrected chi connectivity index (χ1v) is 6.61. The van der Waals surface area contributed by atoms with Crippen LogP contribution in [0.4, 0.5) is 0 Å². The van der Waals surface area contributed by atoms with E-state index in [-0.39, 0.29) is 23.1 Å². The zero-order valence-electron chi connectivity index (χ0n) is 10.3. The number of aromatic nitrogens is 1. The van der Waals surface area contributed by atoms with Gasteiger partial charge >= 0.3 is 0 Å². The number of halogens is 1. The topological polar surface area (TPSA) is 62.0 Å². The smallest absolute Gasteiger partial charge is 0.260 e. The van der Waals surface area contributed by atoms with E-state index in [0.717, 1.165) is 10.0 Å². The molecule has 1 amide bonds. The number of hydrogen-bond acceptors (Lipinski definition) is 2. The number of nitrogens with one attached hydrogen (secondary N) is 2. The van der Waals surface area contributed by atoms with Gasteiger partial charge in [-0.25, -0.2) is 0 Å². The summed E-state index contributed by atoms with van der Waals surface area (Å²) in [5, 5.41) is 2.80. The van der Waals surface area contributed by atoms with E-state index in [4.69, 9.17) is 0 Å². The maximum atomic E-state index is 12.0. The number of benzene rings is 1. The third-order valence-electron chi connectivity index (χ3n) is 2.78. The summed E-state index contributed by atoms with van der Waals surface area (Å²) < 4.78 is 0.981. The Labute approximate surface area is 119 Å². The number of pyridine rings is 1. The fourth-order valence-corrected chi connectivity index (χ4v) is 1.97. The Kier molecular flexibility index (Phi) is 4.16. The molecule has 5 heteroatoms. The molecule has 2 rings (SSSR count). The van der Waals surface area contributed by atoms with E-state index in [1.807, 2.05) is 31.2 Å². The summed E-state index contributed by atoms with van der Waals surface area (Å²) >= 11 is 3.36. The van der Waals surface area contributed by atoms with Gasteiger partial charge in [-0.1, -0.05) is 28.1 Å². The summed E-state index contributed by atoms with van der Waals surface area (Å²) in [4.78, 5) is 26.0. The molecule has 0 radical (unpaired) electrons. The number of amides is 1. The number of rotatable bonds is 3. The number of carbonyl (C=O) groups is 1. The van der Waals surface area contributed by atoms with E-state index in [1.165, 1.54) is 12.3 Å². The van der Waals surface area contributed by atoms with Gasteiger partial charge in [-0.15, -0.1) is 0 Å². The molecule has 1 aromatic heterocycles. The molecule has 0 fully saturated rings. The van der Waals surface area contributed by atoms with Crippen LogP contribution in [-0.2, 0) is 0 Å². The van der Waals surface area contributed by atoms with Crippen molar-refractivity contribution >= 4 is 21.8 Å². The largest absolute Gasteiger partial charge is 0.345 e. The van der Waals surface area contributed by atoms with Gasteiger partial charge < -0.3 is 10.3 Å². The molecule has 98 valence electrons. The van der Waals surface area contributed by atoms with Crippen molar-refractivity contribution in [2.45, 2.75) is 13.0 Å². The number of carbonyl (C=O) groups excluding carboxylic acids is 1. The van der Waals surface area contributed by atoms with Gasteiger partial charge in [0.15, 0.2) is 0 Å². The van der Waals surface area contributed by atoms with Crippen molar-refractivity contribution in [3.8, 4) is 0 Å². The lowest BCUT2D eigenvalue weighted by Gasteiger charge is -2.14. The summed E-state index contributed by atoms with van der Waals surface area (Å²) in [5.41, 5.74) is 0.707. The van der Waals surface area contributed by atoms with Crippen LogP contribution in [0.25, 0.3) is 0 Å². The summed E-state index contributed by atoms with van der Waals surface area (Å²) in [7, 11) is 0. The predicted molar refractivity (Wildman–Crippen MR) is 77.1 cm³/mol. The maximum Gasteiger partial charge on any atom is 0.260 e. The zero-order valence-corrected chi connectivity index (χ0v) is 11.9. The standard InChI is InChI=1S/C14H13BrN2O2/c1-9(10-4-6-11(15)7-5-10)17-14(19)12-3-2-8-16-13(12)18/h2-9H,1H3,(H,16,18)(H,17,19). The Morgan fingerprint density at radius 2 is 1.95 bits per heavy atom. The van der Waals surface area contributed by atoms with Crippen LogP contribution in [0.2, 0.25) is 0 Å². The van der Waals surface area contributed by atoms with Crippen molar-refractivity contribution in [3.63, 3.8) is 0 Å². The fraction of sp³-hybridized carbons (Fsp3) is 0.143. The number of H-pyrrole nitrogens is 1. The molecular formula is C14H13BrN2O2. The second-order valence-electron chi connectivity index (χ2n) is 4.16. The molecule has 2 aromatic rings. The van der Waals surface area contributed by atoms with Crippen molar-refractivity contribution in [2.24, 2.45) is 0 Å². The highest BCUT2D eigenvalue weighted by Gasteiger charge is 2.13. The monoisotopic (exact) mass is 320 g/mol. The van der Waals surface area contributed by atoms with Crippen molar-refractivity contribution in [1.82, 2.24) is 10.3 Å². The summed E-state index contributed by atoms with van der Waals surface area (Å²) in [6, 6.07) is 10.6. The van der Waals surface area contributed by atoms with Gasteiger partial charge in [0.2, 0.25) is 0 Å². The van der Waals surface area contributed by atoms with Gasteiger partial charge in [0.1, 0.15) is 5.56 Å². The molecule has 0 bridgehead atoms. The molecule has 0 aliphatic carbocycles. The molecule has 1 atom stereocenters. The van der Waals surface area contributed by atoms with Gasteiger partial charge in [-0.2, -0.15) is 0 Å². The third kappa shape index (κ3) is 3.32. The molecule has 0 aliphatic heterocycles. The molecule has 19 heavy (non-hydrogen) atoms. The first kappa shape index (κ1) is 13.5. The second kappa shape index (κ2) is 5.84. The predicted octanol–water partition coefficient (Wildman–Crippen LogP) is 2.63. The Hall–Kier alpha value is -1.88. The van der Waals surface area contributed by atoms with Crippen molar-refractivity contribution < 1.29 is 4.79 Å². The lowest BCUT2D eigenvalue weighted by Crippen LogP contribution is -2.31. The molecule has 1 heterocycles. The molecule has 2 N–H and O–H groups in total. The Bertz CT molecular complexity index is 634. The van der Waals surface area contributed by atoms with Crippen molar-refractivity contribution in [2.75, 3.05) is 0 Å². The number of hydrogen-bond donors (Lipinski definition) is 2. The summed E-state index contributed by atoms with van der Waals surface area (Å²) in [6.45, 7) is 1.87.